The number of nitrogens with zero attached hydrogens (tertiary/aromatic N) is 1. The molecular weight excluding hydrogens is 338 g/mol. The fourth-order valence-electron chi connectivity index (χ4n) is 4.54. The highest BCUT2D eigenvalue weighted by atomic mass is 16.5. The van der Waals surface area contributed by atoms with Crippen LogP contribution in [0.3, 0.4) is 0 Å². The van der Waals surface area contributed by atoms with Crippen molar-refractivity contribution in [2.24, 2.45) is 5.41 Å². The van der Waals surface area contributed by atoms with Crippen molar-refractivity contribution in [3.63, 3.8) is 0 Å². The lowest BCUT2D eigenvalue weighted by Crippen LogP contribution is -2.49. The summed E-state index contributed by atoms with van der Waals surface area (Å²) in [4.78, 5) is 14.9. The molecule has 2 aromatic carbocycles. The Hall–Kier alpha value is -2.33. The van der Waals surface area contributed by atoms with Crippen molar-refractivity contribution in [3.05, 3.63) is 65.7 Å². The van der Waals surface area contributed by atoms with E-state index in [4.69, 9.17) is 4.74 Å². The number of ether oxygens (including phenoxy) is 1. The van der Waals surface area contributed by atoms with Crippen molar-refractivity contribution in [1.82, 2.24) is 4.90 Å². The molecule has 2 aromatic rings. The predicted molar refractivity (Wildman–Crippen MR) is 105 cm³/mol. The van der Waals surface area contributed by atoms with Crippen molar-refractivity contribution in [3.8, 4) is 5.75 Å². The van der Waals surface area contributed by atoms with E-state index >= 15 is 0 Å². The Labute approximate surface area is 160 Å². The molecular formula is C23H27NO3. The summed E-state index contributed by atoms with van der Waals surface area (Å²) in [6.45, 7) is 1.95. The van der Waals surface area contributed by atoms with E-state index in [1.165, 1.54) is 0 Å². The number of likely N-dealkylation sites (tertiary alicyclic amines) is 1. The molecule has 1 heterocycles. The van der Waals surface area contributed by atoms with Gasteiger partial charge in [-0.3, -0.25) is 4.79 Å². The topological polar surface area (TPSA) is 49.8 Å². The third-order valence-electron chi connectivity index (χ3n) is 6.10. The molecule has 4 heteroatoms. The van der Waals surface area contributed by atoms with Gasteiger partial charge in [0.2, 0.25) is 0 Å². The molecule has 1 spiro atoms. The van der Waals surface area contributed by atoms with E-state index in [9.17, 15) is 9.90 Å². The first kappa shape index (κ1) is 18.1. The molecule has 0 radical (unpaired) electrons. The van der Waals surface area contributed by atoms with Gasteiger partial charge in [-0.1, -0.05) is 36.8 Å². The Balaban J connectivity index is 1.39. The number of para-hydroxylation sites is 1. The minimum Gasteiger partial charge on any atom is -0.489 e. The number of hydrogen-bond acceptors (Lipinski definition) is 3. The third-order valence-corrected chi connectivity index (χ3v) is 6.10. The lowest BCUT2D eigenvalue weighted by Gasteiger charge is -2.42. The number of piperidine rings is 1. The van der Waals surface area contributed by atoms with Crippen LogP contribution in [0.4, 0.5) is 0 Å². The van der Waals surface area contributed by atoms with Crippen LogP contribution in [0.5, 0.6) is 5.75 Å². The molecule has 2 aliphatic rings. The number of benzene rings is 2. The quantitative estimate of drug-likeness (QED) is 0.890. The molecule has 1 saturated heterocycles. The largest absolute Gasteiger partial charge is 0.489 e. The van der Waals surface area contributed by atoms with Gasteiger partial charge in [-0.25, -0.2) is 0 Å². The van der Waals surface area contributed by atoms with Crippen LogP contribution in [0, 0.1) is 5.41 Å². The van der Waals surface area contributed by atoms with E-state index in [1.54, 1.807) is 0 Å². The zero-order valence-corrected chi connectivity index (χ0v) is 15.6. The van der Waals surface area contributed by atoms with Gasteiger partial charge in [0.15, 0.2) is 0 Å². The number of rotatable bonds is 4. The average molecular weight is 365 g/mol. The zero-order chi connectivity index (χ0) is 18.7. The van der Waals surface area contributed by atoms with Crippen molar-refractivity contribution in [1.29, 1.82) is 0 Å². The van der Waals surface area contributed by atoms with Gasteiger partial charge in [0.1, 0.15) is 12.4 Å². The van der Waals surface area contributed by atoms with Crippen molar-refractivity contribution in [2.45, 2.75) is 44.8 Å². The summed E-state index contributed by atoms with van der Waals surface area (Å²) >= 11 is 0. The molecule has 1 amide bonds. The first-order chi connectivity index (χ1) is 13.2. The average Bonchev–Trinajstić information content (AvgIpc) is 3.06. The van der Waals surface area contributed by atoms with Gasteiger partial charge in [0.05, 0.1) is 6.10 Å². The molecule has 1 saturated carbocycles. The Morgan fingerprint density at radius 2 is 1.81 bits per heavy atom. The molecule has 142 valence electrons. The number of hydrogen-bond donors (Lipinski definition) is 1. The SMILES string of the molecule is O=C(c1ccc(COc2ccccc2)cc1)N1CCC[C@]2(CCC[C@H]2O)C1. The molecule has 1 aliphatic heterocycles. The highest BCUT2D eigenvalue weighted by Gasteiger charge is 2.45. The molecule has 2 atom stereocenters. The van der Waals surface area contributed by atoms with Crippen LogP contribution in [0.25, 0.3) is 0 Å². The molecule has 1 N–H and O–H groups in total. The fraction of sp³-hybridized carbons (Fsp3) is 0.435. The summed E-state index contributed by atoms with van der Waals surface area (Å²) in [5.74, 6) is 0.912. The number of aliphatic hydroxyl groups is 1. The molecule has 4 rings (SSSR count). The van der Waals surface area contributed by atoms with E-state index in [1.807, 2.05) is 59.5 Å². The lowest BCUT2D eigenvalue weighted by atomic mass is 9.76. The number of carbonyl (C=O) groups excluding carboxylic acids is 1. The molecule has 4 nitrogen and oxygen atoms in total. The normalized spacial score (nSPS) is 24.9. The zero-order valence-electron chi connectivity index (χ0n) is 15.6. The van der Waals surface area contributed by atoms with Crippen LogP contribution in [0.15, 0.2) is 54.6 Å². The third kappa shape index (κ3) is 3.86. The first-order valence-electron chi connectivity index (χ1n) is 9.90. The molecule has 0 aromatic heterocycles. The maximum absolute atomic E-state index is 13.0. The van der Waals surface area contributed by atoms with Crippen molar-refractivity contribution in [2.75, 3.05) is 13.1 Å². The Kier molecular flexibility index (Phi) is 5.17. The smallest absolute Gasteiger partial charge is 0.253 e. The van der Waals surface area contributed by atoms with Gasteiger partial charge in [-0.15, -0.1) is 0 Å². The van der Waals surface area contributed by atoms with Crippen LogP contribution >= 0.6 is 0 Å². The molecule has 0 unspecified atom stereocenters. The molecule has 0 bridgehead atoms. The standard InChI is InChI=1S/C23H27NO3/c25-21-8-4-13-23(21)14-5-15-24(17-23)22(26)19-11-9-18(10-12-19)16-27-20-6-2-1-3-7-20/h1-3,6-7,9-12,21,25H,4-5,8,13-17H2/t21-,23-/m1/s1. The minimum absolute atomic E-state index is 0.0720. The van der Waals surface area contributed by atoms with Gasteiger partial charge in [0.25, 0.3) is 5.91 Å². The van der Waals surface area contributed by atoms with Crippen LogP contribution in [0.1, 0.15) is 48.0 Å². The first-order valence-corrected chi connectivity index (χ1v) is 9.90. The van der Waals surface area contributed by atoms with E-state index in [0.29, 0.717) is 18.7 Å². The van der Waals surface area contributed by atoms with Gasteiger partial charge >= 0.3 is 0 Å². The summed E-state index contributed by atoms with van der Waals surface area (Å²) in [5, 5.41) is 10.4. The predicted octanol–water partition coefficient (Wildman–Crippen LogP) is 4.03. The van der Waals surface area contributed by atoms with Crippen LogP contribution < -0.4 is 4.74 Å². The van der Waals surface area contributed by atoms with Gasteiger partial charge < -0.3 is 14.7 Å². The highest BCUT2D eigenvalue weighted by molar-refractivity contribution is 5.94. The van der Waals surface area contributed by atoms with Gasteiger partial charge in [-0.05, 0) is 55.5 Å². The number of amides is 1. The molecule has 2 fully saturated rings. The second kappa shape index (κ2) is 7.73. The fourth-order valence-corrected chi connectivity index (χ4v) is 4.54. The van der Waals surface area contributed by atoms with Gasteiger partial charge in [-0.2, -0.15) is 0 Å². The summed E-state index contributed by atoms with van der Waals surface area (Å²) in [6, 6.07) is 17.4. The second-order valence-electron chi connectivity index (χ2n) is 7.90. The highest BCUT2D eigenvalue weighted by Crippen LogP contribution is 2.45. The van der Waals surface area contributed by atoms with Crippen molar-refractivity contribution >= 4 is 5.91 Å². The van der Waals surface area contributed by atoms with E-state index in [-0.39, 0.29) is 17.4 Å². The minimum atomic E-state index is -0.259. The maximum atomic E-state index is 13.0. The lowest BCUT2D eigenvalue weighted by molar-refractivity contribution is -0.00536. The van der Waals surface area contributed by atoms with E-state index in [2.05, 4.69) is 0 Å². The Bertz CT molecular complexity index is 774. The van der Waals surface area contributed by atoms with Crippen LogP contribution in [-0.4, -0.2) is 35.1 Å². The Morgan fingerprint density at radius 1 is 1.07 bits per heavy atom. The monoisotopic (exact) mass is 365 g/mol. The molecule has 27 heavy (non-hydrogen) atoms. The summed E-state index contributed by atoms with van der Waals surface area (Å²) in [5.41, 5.74) is 1.68. The summed E-state index contributed by atoms with van der Waals surface area (Å²) in [7, 11) is 0. The number of aliphatic hydroxyl groups excluding tert-OH is 1. The van der Waals surface area contributed by atoms with Crippen molar-refractivity contribution < 1.29 is 14.6 Å². The van der Waals surface area contributed by atoms with E-state index in [0.717, 1.165) is 50.0 Å². The van der Waals surface area contributed by atoms with E-state index < -0.39 is 0 Å². The van der Waals surface area contributed by atoms with Crippen LogP contribution in [-0.2, 0) is 6.61 Å². The van der Waals surface area contributed by atoms with Crippen LogP contribution in [0.2, 0.25) is 0 Å². The molecule has 1 aliphatic carbocycles. The number of carbonyl (C=O) groups is 1. The Morgan fingerprint density at radius 3 is 2.52 bits per heavy atom. The summed E-state index contributed by atoms with van der Waals surface area (Å²) in [6.07, 6.45) is 4.73. The van der Waals surface area contributed by atoms with Gasteiger partial charge in [0, 0.05) is 24.1 Å². The maximum Gasteiger partial charge on any atom is 0.253 e. The summed E-state index contributed by atoms with van der Waals surface area (Å²) < 4.78 is 5.76. The second-order valence-corrected chi connectivity index (χ2v) is 7.90.